The van der Waals surface area contributed by atoms with E-state index in [2.05, 4.69) is 17.1 Å². The maximum Gasteiger partial charge on any atom is 0.222 e. The molecule has 2 aliphatic rings. The molecule has 0 aliphatic carbocycles. The number of carbonyl (C=O) groups excluding carboxylic acids is 1. The standard InChI is InChI=1S/C23H36N2O4/c1-2-3-4-5-6-9-22(26)24-23(27,12-15-25-13-7-8-14-25)19-10-11-20-21(18-19)29-17-16-28-20/h10-11,18,27H,2-9,12-17H2,1H3,(H,24,26)/t23-/m1/s1. The number of ether oxygens (including phenoxy) is 2. The molecule has 1 amide bonds. The second-order valence-electron chi connectivity index (χ2n) is 8.23. The average molecular weight is 405 g/mol. The molecule has 1 aromatic carbocycles. The van der Waals surface area contributed by atoms with Crippen LogP contribution in [0.25, 0.3) is 0 Å². The molecule has 3 rings (SSSR count). The van der Waals surface area contributed by atoms with Gasteiger partial charge in [0.05, 0.1) is 0 Å². The number of hydrogen-bond donors (Lipinski definition) is 2. The number of rotatable bonds is 11. The highest BCUT2D eigenvalue weighted by molar-refractivity contribution is 5.76. The van der Waals surface area contributed by atoms with Gasteiger partial charge in [0.15, 0.2) is 17.2 Å². The maximum atomic E-state index is 12.6. The molecule has 0 unspecified atom stereocenters. The molecule has 0 radical (unpaired) electrons. The smallest absolute Gasteiger partial charge is 0.222 e. The SMILES string of the molecule is CCCCCCCC(=O)N[C@@](O)(CCN1CCCC1)c1ccc2c(c1)OCCO2. The first-order valence-corrected chi connectivity index (χ1v) is 11.3. The van der Waals surface area contributed by atoms with Crippen LogP contribution in [0.1, 0.15) is 70.3 Å². The Kier molecular flexibility index (Phi) is 8.19. The summed E-state index contributed by atoms with van der Waals surface area (Å²) in [6.07, 6.45) is 8.76. The third-order valence-electron chi connectivity index (χ3n) is 5.86. The number of benzene rings is 1. The van der Waals surface area contributed by atoms with E-state index in [4.69, 9.17) is 9.47 Å². The number of nitrogens with one attached hydrogen (secondary N) is 1. The molecule has 0 aromatic heterocycles. The summed E-state index contributed by atoms with van der Waals surface area (Å²) in [7, 11) is 0. The van der Waals surface area contributed by atoms with Gasteiger partial charge in [0.2, 0.25) is 5.91 Å². The molecule has 0 bridgehead atoms. The molecule has 29 heavy (non-hydrogen) atoms. The molecule has 2 N–H and O–H groups in total. The summed E-state index contributed by atoms with van der Waals surface area (Å²) in [5.41, 5.74) is -0.751. The second-order valence-corrected chi connectivity index (χ2v) is 8.23. The molecule has 1 aromatic rings. The Labute approximate surface area is 174 Å². The van der Waals surface area contributed by atoms with Gasteiger partial charge >= 0.3 is 0 Å². The van der Waals surface area contributed by atoms with E-state index in [0.717, 1.165) is 38.9 Å². The molecule has 2 aliphatic heterocycles. The third kappa shape index (κ3) is 6.34. The number of aliphatic hydroxyl groups is 1. The van der Waals surface area contributed by atoms with Gasteiger partial charge in [-0.25, -0.2) is 0 Å². The van der Waals surface area contributed by atoms with Crippen LogP contribution in [0.15, 0.2) is 18.2 Å². The van der Waals surface area contributed by atoms with Crippen molar-refractivity contribution < 1.29 is 19.4 Å². The fraction of sp³-hybridized carbons (Fsp3) is 0.696. The lowest BCUT2D eigenvalue weighted by Crippen LogP contribution is -2.47. The van der Waals surface area contributed by atoms with Crippen molar-refractivity contribution in [2.45, 2.75) is 70.4 Å². The zero-order chi connectivity index (χ0) is 20.5. The molecule has 0 spiro atoms. The third-order valence-corrected chi connectivity index (χ3v) is 5.86. The Balaban J connectivity index is 1.66. The van der Waals surface area contributed by atoms with Crippen LogP contribution in [0.5, 0.6) is 11.5 Å². The predicted octanol–water partition coefficient (Wildman–Crippen LogP) is 3.57. The van der Waals surface area contributed by atoms with Gasteiger partial charge in [-0.1, -0.05) is 38.7 Å². The monoisotopic (exact) mass is 404 g/mol. The molecule has 162 valence electrons. The summed E-state index contributed by atoms with van der Waals surface area (Å²) in [4.78, 5) is 15.0. The molecule has 6 heteroatoms. The van der Waals surface area contributed by atoms with E-state index < -0.39 is 5.72 Å². The Morgan fingerprint density at radius 3 is 2.59 bits per heavy atom. The minimum absolute atomic E-state index is 0.0969. The Bertz CT molecular complexity index is 660. The highest BCUT2D eigenvalue weighted by Gasteiger charge is 2.33. The quantitative estimate of drug-likeness (QED) is 0.436. The second kappa shape index (κ2) is 10.8. The van der Waals surface area contributed by atoms with Gasteiger partial charge in [-0.2, -0.15) is 0 Å². The summed E-state index contributed by atoms with van der Waals surface area (Å²) >= 11 is 0. The van der Waals surface area contributed by atoms with Crippen molar-refractivity contribution >= 4 is 5.91 Å². The zero-order valence-electron chi connectivity index (χ0n) is 17.8. The minimum atomic E-state index is -1.40. The van der Waals surface area contributed by atoms with Gasteiger partial charge in [-0.05, 0) is 44.5 Å². The van der Waals surface area contributed by atoms with Crippen LogP contribution in [0, 0.1) is 0 Å². The lowest BCUT2D eigenvalue weighted by Gasteiger charge is -2.32. The van der Waals surface area contributed by atoms with Crippen molar-refractivity contribution in [2.24, 2.45) is 0 Å². The molecule has 1 fully saturated rings. The molecule has 1 atom stereocenters. The van der Waals surface area contributed by atoms with Crippen molar-refractivity contribution in [1.82, 2.24) is 10.2 Å². The van der Waals surface area contributed by atoms with Crippen molar-refractivity contribution in [3.63, 3.8) is 0 Å². The lowest BCUT2D eigenvalue weighted by molar-refractivity contribution is -0.130. The van der Waals surface area contributed by atoms with E-state index in [0.29, 0.717) is 43.1 Å². The molecule has 6 nitrogen and oxygen atoms in total. The van der Waals surface area contributed by atoms with Gasteiger partial charge in [0.1, 0.15) is 13.2 Å². The van der Waals surface area contributed by atoms with Crippen molar-refractivity contribution in [3.05, 3.63) is 23.8 Å². The van der Waals surface area contributed by atoms with Crippen LogP contribution < -0.4 is 14.8 Å². The summed E-state index contributed by atoms with van der Waals surface area (Å²) in [5, 5.41) is 14.4. The van der Waals surface area contributed by atoms with E-state index in [9.17, 15) is 9.90 Å². The summed E-state index contributed by atoms with van der Waals surface area (Å²) in [5.74, 6) is 1.21. The fourth-order valence-corrected chi connectivity index (χ4v) is 4.09. The van der Waals surface area contributed by atoms with Crippen LogP contribution in [-0.2, 0) is 10.5 Å². The zero-order valence-corrected chi connectivity index (χ0v) is 17.8. The topological polar surface area (TPSA) is 71.0 Å². The first-order chi connectivity index (χ1) is 14.1. The maximum absolute atomic E-state index is 12.6. The van der Waals surface area contributed by atoms with Crippen molar-refractivity contribution in [3.8, 4) is 11.5 Å². The van der Waals surface area contributed by atoms with E-state index in [1.54, 1.807) is 6.07 Å². The van der Waals surface area contributed by atoms with Crippen LogP contribution in [0.4, 0.5) is 0 Å². The number of fused-ring (bicyclic) bond motifs is 1. The van der Waals surface area contributed by atoms with Gasteiger partial charge in [0, 0.05) is 24.9 Å². The summed E-state index contributed by atoms with van der Waals surface area (Å²) < 4.78 is 11.3. The average Bonchev–Trinajstić information content (AvgIpc) is 3.25. The number of nitrogens with zero attached hydrogens (tertiary/aromatic N) is 1. The molecule has 2 heterocycles. The largest absolute Gasteiger partial charge is 0.486 e. The number of hydrogen-bond acceptors (Lipinski definition) is 5. The lowest BCUT2D eigenvalue weighted by atomic mass is 9.97. The number of amides is 1. The summed E-state index contributed by atoms with van der Waals surface area (Å²) in [6.45, 7) is 6.07. The van der Waals surface area contributed by atoms with E-state index >= 15 is 0 Å². The van der Waals surface area contributed by atoms with Gasteiger partial charge in [0.25, 0.3) is 0 Å². The highest BCUT2D eigenvalue weighted by Crippen LogP contribution is 2.35. The van der Waals surface area contributed by atoms with E-state index in [-0.39, 0.29) is 5.91 Å². The fourth-order valence-electron chi connectivity index (χ4n) is 4.09. The van der Waals surface area contributed by atoms with Crippen LogP contribution in [-0.4, -0.2) is 48.8 Å². The first kappa shape index (κ1) is 21.9. The van der Waals surface area contributed by atoms with Crippen LogP contribution in [0.3, 0.4) is 0 Å². The summed E-state index contributed by atoms with van der Waals surface area (Å²) in [6, 6.07) is 5.46. The predicted molar refractivity (Wildman–Crippen MR) is 113 cm³/mol. The van der Waals surface area contributed by atoms with E-state index in [1.165, 1.54) is 25.7 Å². The van der Waals surface area contributed by atoms with E-state index in [1.807, 2.05) is 12.1 Å². The number of carbonyl (C=O) groups is 1. The Hall–Kier alpha value is -1.79. The number of likely N-dealkylation sites (tertiary alicyclic amines) is 1. The molecule has 1 saturated heterocycles. The van der Waals surface area contributed by atoms with Gasteiger partial charge < -0.3 is 24.8 Å². The molecular weight excluding hydrogens is 368 g/mol. The molecular formula is C23H36N2O4. The number of unbranched alkanes of at least 4 members (excludes halogenated alkanes) is 4. The van der Waals surface area contributed by atoms with Crippen LogP contribution >= 0.6 is 0 Å². The normalized spacial score (nSPS) is 18.4. The molecule has 0 saturated carbocycles. The van der Waals surface area contributed by atoms with Crippen LogP contribution in [0.2, 0.25) is 0 Å². The Morgan fingerprint density at radius 1 is 1.10 bits per heavy atom. The van der Waals surface area contributed by atoms with Gasteiger partial charge in [-0.3, -0.25) is 4.79 Å². The van der Waals surface area contributed by atoms with Crippen molar-refractivity contribution in [2.75, 3.05) is 32.8 Å². The first-order valence-electron chi connectivity index (χ1n) is 11.3. The van der Waals surface area contributed by atoms with Crippen molar-refractivity contribution in [1.29, 1.82) is 0 Å². The minimum Gasteiger partial charge on any atom is -0.486 e. The van der Waals surface area contributed by atoms with Gasteiger partial charge in [-0.15, -0.1) is 0 Å². The highest BCUT2D eigenvalue weighted by atomic mass is 16.6. The Morgan fingerprint density at radius 2 is 1.83 bits per heavy atom.